The van der Waals surface area contributed by atoms with Gasteiger partial charge in [-0.3, -0.25) is 14.8 Å². The first kappa shape index (κ1) is 20.0. The number of benzene rings is 1. The van der Waals surface area contributed by atoms with E-state index in [0.717, 1.165) is 0 Å². The van der Waals surface area contributed by atoms with Gasteiger partial charge < -0.3 is 4.42 Å². The molecule has 0 aliphatic carbocycles. The van der Waals surface area contributed by atoms with Gasteiger partial charge in [0.05, 0.1) is 10.6 Å². The molecule has 0 atom stereocenters. The highest BCUT2D eigenvalue weighted by atomic mass is 35.5. The van der Waals surface area contributed by atoms with Gasteiger partial charge in [0.15, 0.2) is 9.84 Å². The Morgan fingerprint density at radius 2 is 1.93 bits per heavy atom. The lowest BCUT2D eigenvalue weighted by atomic mass is 10.4. The zero-order chi connectivity index (χ0) is 20.3. The van der Waals surface area contributed by atoms with Crippen molar-refractivity contribution in [2.75, 3.05) is 11.1 Å². The van der Waals surface area contributed by atoms with Crippen LogP contribution in [0.1, 0.15) is 26.3 Å². The number of carbonyl (C=O) groups excluding carboxylic acids is 1. The third-order valence-corrected chi connectivity index (χ3v) is 5.78. The fraction of sp³-hybridized carbons (Fsp3) is 0.294. The van der Waals surface area contributed by atoms with Crippen LogP contribution in [0, 0.1) is 0 Å². The van der Waals surface area contributed by atoms with E-state index < -0.39 is 15.7 Å². The second-order valence-electron chi connectivity index (χ2n) is 6.26. The van der Waals surface area contributed by atoms with Crippen LogP contribution in [0.3, 0.4) is 0 Å². The van der Waals surface area contributed by atoms with Crippen molar-refractivity contribution >= 4 is 33.4 Å². The Kier molecular flexibility index (Phi) is 5.80. The number of rotatable bonds is 7. The molecule has 9 nitrogen and oxygen atoms in total. The third-order valence-electron chi connectivity index (χ3n) is 3.80. The van der Waals surface area contributed by atoms with Gasteiger partial charge in [-0.05, 0) is 44.2 Å². The second-order valence-corrected chi connectivity index (χ2v) is 8.80. The maximum atomic E-state index is 12.3. The minimum atomic E-state index is -3.61. The molecule has 3 rings (SSSR count). The summed E-state index contributed by atoms with van der Waals surface area (Å²) in [6.07, 6.45) is 1.52. The van der Waals surface area contributed by atoms with Crippen molar-refractivity contribution in [3.05, 3.63) is 41.6 Å². The number of nitrogens with zero attached hydrogens (tertiary/aromatic N) is 4. The summed E-state index contributed by atoms with van der Waals surface area (Å²) in [5, 5.41) is 14.7. The smallest absolute Gasteiger partial charge is 0.322 e. The molecule has 0 bridgehead atoms. The molecule has 0 fully saturated rings. The number of halogens is 1. The molecule has 28 heavy (non-hydrogen) atoms. The topological polar surface area (TPSA) is 120 Å². The van der Waals surface area contributed by atoms with E-state index in [-0.39, 0.29) is 35.0 Å². The van der Waals surface area contributed by atoms with Crippen LogP contribution in [-0.4, -0.2) is 40.1 Å². The van der Waals surface area contributed by atoms with Gasteiger partial charge in [0.1, 0.15) is 5.69 Å². The van der Waals surface area contributed by atoms with Gasteiger partial charge in [-0.25, -0.2) is 8.42 Å². The summed E-state index contributed by atoms with van der Waals surface area (Å²) in [6, 6.07) is 7.54. The first-order valence-electron chi connectivity index (χ1n) is 8.42. The van der Waals surface area contributed by atoms with Crippen LogP contribution in [0.2, 0.25) is 5.02 Å². The standard InChI is InChI=1S/C17H18ClN5O4S/c1-11(2)23-9-7-14(22-23)16-20-21-17(27-16)19-15(24)8-10-28(25,26)13-5-3-12(18)4-6-13/h3-7,9,11H,8,10H2,1-2H3,(H,19,21,24). The first-order valence-corrected chi connectivity index (χ1v) is 10.4. The van der Waals surface area contributed by atoms with Crippen LogP contribution < -0.4 is 5.32 Å². The van der Waals surface area contributed by atoms with E-state index in [1.54, 1.807) is 16.9 Å². The van der Waals surface area contributed by atoms with Crippen molar-refractivity contribution in [3.63, 3.8) is 0 Å². The Balaban J connectivity index is 1.59. The van der Waals surface area contributed by atoms with Gasteiger partial charge in [-0.2, -0.15) is 5.10 Å². The predicted octanol–water partition coefficient (Wildman–Crippen LogP) is 2.97. The summed E-state index contributed by atoms with van der Waals surface area (Å²) in [4.78, 5) is 12.1. The number of sulfone groups is 1. The molecule has 0 spiro atoms. The molecule has 0 unspecified atom stereocenters. The molecule has 0 saturated heterocycles. The van der Waals surface area contributed by atoms with Gasteiger partial charge in [-0.15, -0.1) is 5.10 Å². The number of anilines is 1. The lowest BCUT2D eigenvalue weighted by molar-refractivity contribution is -0.115. The zero-order valence-electron chi connectivity index (χ0n) is 15.2. The summed E-state index contributed by atoms with van der Waals surface area (Å²) < 4.78 is 31.6. The summed E-state index contributed by atoms with van der Waals surface area (Å²) in [6.45, 7) is 3.96. The fourth-order valence-corrected chi connectivity index (χ4v) is 3.65. The molecule has 148 valence electrons. The highest BCUT2D eigenvalue weighted by Crippen LogP contribution is 2.19. The maximum Gasteiger partial charge on any atom is 0.322 e. The van der Waals surface area contributed by atoms with Gasteiger partial charge in [-0.1, -0.05) is 16.7 Å². The average Bonchev–Trinajstić information content (AvgIpc) is 3.30. The summed E-state index contributed by atoms with van der Waals surface area (Å²) in [7, 11) is -3.61. The minimum Gasteiger partial charge on any atom is -0.401 e. The Hall–Kier alpha value is -2.72. The Bertz CT molecular complexity index is 1070. The van der Waals surface area contributed by atoms with Crippen LogP contribution in [0.4, 0.5) is 6.01 Å². The van der Waals surface area contributed by atoms with E-state index in [4.69, 9.17) is 16.0 Å². The van der Waals surface area contributed by atoms with Gasteiger partial charge in [0.25, 0.3) is 5.89 Å². The van der Waals surface area contributed by atoms with Crippen molar-refractivity contribution in [2.45, 2.75) is 31.2 Å². The van der Waals surface area contributed by atoms with Crippen molar-refractivity contribution in [1.82, 2.24) is 20.0 Å². The SMILES string of the molecule is CC(C)n1ccc(-c2nnc(NC(=O)CCS(=O)(=O)c3ccc(Cl)cc3)o2)n1. The van der Waals surface area contributed by atoms with Crippen LogP contribution in [0.25, 0.3) is 11.6 Å². The van der Waals surface area contributed by atoms with Crippen molar-refractivity contribution < 1.29 is 17.6 Å². The van der Waals surface area contributed by atoms with Crippen molar-refractivity contribution in [1.29, 1.82) is 0 Å². The van der Waals surface area contributed by atoms with Crippen molar-refractivity contribution in [2.24, 2.45) is 0 Å². The maximum absolute atomic E-state index is 12.3. The molecule has 0 aliphatic heterocycles. The monoisotopic (exact) mass is 423 g/mol. The molecule has 1 aromatic carbocycles. The Morgan fingerprint density at radius 3 is 2.57 bits per heavy atom. The second kappa shape index (κ2) is 8.11. The quantitative estimate of drug-likeness (QED) is 0.620. The number of hydrogen-bond acceptors (Lipinski definition) is 7. The first-order chi connectivity index (χ1) is 13.2. The van der Waals surface area contributed by atoms with E-state index in [1.165, 1.54) is 24.3 Å². The fourth-order valence-electron chi connectivity index (χ4n) is 2.29. The minimum absolute atomic E-state index is 0.102. The normalized spacial score (nSPS) is 11.7. The molecule has 0 saturated carbocycles. The zero-order valence-corrected chi connectivity index (χ0v) is 16.7. The number of hydrogen-bond donors (Lipinski definition) is 1. The van der Waals surface area contributed by atoms with Crippen LogP contribution >= 0.6 is 11.6 Å². The largest absolute Gasteiger partial charge is 0.401 e. The lowest BCUT2D eigenvalue weighted by Crippen LogP contribution is -2.17. The molecule has 1 N–H and O–H groups in total. The number of amides is 1. The average molecular weight is 424 g/mol. The van der Waals surface area contributed by atoms with Gasteiger partial charge in [0, 0.05) is 23.7 Å². The molecule has 0 aliphatic rings. The number of nitrogens with one attached hydrogen (secondary N) is 1. The molecular formula is C17H18ClN5O4S. The lowest BCUT2D eigenvalue weighted by Gasteiger charge is -2.04. The number of carbonyl (C=O) groups is 1. The Morgan fingerprint density at radius 1 is 1.21 bits per heavy atom. The molecule has 11 heteroatoms. The summed E-state index contributed by atoms with van der Waals surface area (Å²) in [5.74, 6) is -0.760. The van der Waals surface area contributed by atoms with Gasteiger partial charge >= 0.3 is 6.01 Å². The van der Waals surface area contributed by atoms with E-state index in [9.17, 15) is 13.2 Å². The van der Waals surface area contributed by atoms with E-state index >= 15 is 0 Å². The summed E-state index contributed by atoms with van der Waals surface area (Å²) in [5.41, 5.74) is 0.479. The van der Waals surface area contributed by atoms with Crippen LogP contribution in [0.5, 0.6) is 0 Å². The van der Waals surface area contributed by atoms with Gasteiger partial charge in [0.2, 0.25) is 5.91 Å². The predicted molar refractivity (Wildman–Crippen MR) is 103 cm³/mol. The highest BCUT2D eigenvalue weighted by molar-refractivity contribution is 7.91. The third kappa shape index (κ3) is 4.76. The molecule has 0 radical (unpaired) electrons. The molecular weight excluding hydrogens is 406 g/mol. The van der Waals surface area contributed by atoms with Crippen LogP contribution in [-0.2, 0) is 14.6 Å². The van der Waals surface area contributed by atoms with Crippen LogP contribution in [0.15, 0.2) is 45.8 Å². The highest BCUT2D eigenvalue weighted by Gasteiger charge is 2.18. The molecule has 3 aromatic rings. The summed E-state index contributed by atoms with van der Waals surface area (Å²) >= 11 is 5.75. The molecule has 1 amide bonds. The van der Waals surface area contributed by atoms with Crippen molar-refractivity contribution in [3.8, 4) is 11.6 Å². The number of aromatic nitrogens is 4. The molecule has 2 heterocycles. The molecule has 2 aromatic heterocycles. The van der Waals surface area contributed by atoms with E-state index in [1.807, 2.05) is 13.8 Å². The van der Waals surface area contributed by atoms with E-state index in [2.05, 4.69) is 20.6 Å². The van der Waals surface area contributed by atoms with E-state index in [0.29, 0.717) is 10.7 Å². The Labute approximate surface area is 166 Å².